The summed E-state index contributed by atoms with van der Waals surface area (Å²) in [6.45, 7) is 3.72. The number of hydrogen-bond acceptors (Lipinski definition) is 6. The summed E-state index contributed by atoms with van der Waals surface area (Å²) in [6.07, 6.45) is 0.790. The number of hydrogen-bond donors (Lipinski definition) is 2. The summed E-state index contributed by atoms with van der Waals surface area (Å²) in [5.74, 6) is 1.08. The van der Waals surface area contributed by atoms with Gasteiger partial charge in [0.2, 0.25) is 0 Å². The molecule has 0 saturated carbocycles. The van der Waals surface area contributed by atoms with Gasteiger partial charge in [0.1, 0.15) is 11.3 Å². The van der Waals surface area contributed by atoms with E-state index in [0.717, 1.165) is 28.8 Å². The third-order valence-electron chi connectivity index (χ3n) is 3.09. The molecule has 0 unspecified atom stereocenters. The number of nitrogens with zero attached hydrogens (tertiary/aromatic N) is 1. The Morgan fingerprint density at radius 3 is 2.87 bits per heavy atom. The predicted molar refractivity (Wildman–Crippen MR) is 93.5 cm³/mol. The fraction of sp³-hybridized carbons (Fsp3) is 0.400. The van der Waals surface area contributed by atoms with E-state index in [-0.39, 0.29) is 0 Å². The topological polar surface area (TPSA) is 88.5 Å². The molecular weight excluding hydrogens is 336 g/mol. The Balaban J connectivity index is 1.72. The minimum atomic E-state index is -3.94. The minimum Gasteiger partial charge on any atom is -0.491 e. The van der Waals surface area contributed by atoms with Gasteiger partial charge < -0.3 is 10.1 Å². The summed E-state index contributed by atoms with van der Waals surface area (Å²) in [6, 6.07) is 9.85. The van der Waals surface area contributed by atoms with Crippen molar-refractivity contribution in [3.8, 4) is 5.75 Å². The van der Waals surface area contributed by atoms with E-state index in [1.54, 1.807) is 0 Å². The van der Waals surface area contributed by atoms with E-state index in [2.05, 4.69) is 10.3 Å². The van der Waals surface area contributed by atoms with Crippen molar-refractivity contribution in [3.63, 3.8) is 0 Å². The van der Waals surface area contributed by atoms with Crippen LogP contribution >= 0.6 is 10.8 Å². The van der Waals surface area contributed by atoms with Crippen LogP contribution < -0.4 is 10.1 Å². The van der Waals surface area contributed by atoms with Gasteiger partial charge in [-0.25, -0.2) is 4.98 Å². The van der Waals surface area contributed by atoms with Crippen molar-refractivity contribution >= 4 is 30.8 Å². The third kappa shape index (κ3) is 6.34. The number of nitrogens with one attached hydrogen (secondary N) is 1. The first-order valence-corrected chi connectivity index (χ1v) is 10.2. The third-order valence-corrected chi connectivity index (χ3v) is 5.15. The SMILES string of the molecule is Cc1ccc2cccc(OCCCNCCSS(=O)(=O)O)c2n1. The highest BCUT2D eigenvalue weighted by Crippen LogP contribution is 2.23. The lowest BCUT2D eigenvalue weighted by molar-refractivity contribution is 0.311. The van der Waals surface area contributed by atoms with Crippen molar-refractivity contribution in [1.82, 2.24) is 10.3 Å². The van der Waals surface area contributed by atoms with Gasteiger partial charge in [0.25, 0.3) is 0 Å². The molecule has 6 nitrogen and oxygen atoms in total. The molecule has 23 heavy (non-hydrogen) atoms. The van der Waals surface area contributed by atoms with Gasteiger partial charge in [0, 0.05) is 23.4 Å². The molecule has 0 radical (unpaired) electrons. The highest BCUT2D eigenvalue weighted by atomic mass is 33.1. The van der Waals surface area contributed by atoms with Crippen LogP contribution in [0.4, 0.5) is 0 Å². The van der Waals surface area contributed by atoms with Crippen LogP contribution in [0.5, 0.6) is 5.75 Å². The highest BCUT2D eigenvalue weighted by molar-refractivity contribution is 8.69. The zero-order chi connectivity index (χ0) is 16.7. The van der Waals surface area contributed by atoms with E-state index in [4.69, 9.17) is 9.29 Å². The number of fused-ring (bicyclic) bond motifs is 1. The van der Waals surface area contributed by atoms with Crippen LogP contribution in [0.2, 0.25) is 0 Å². The van der Waals surface area contributed by atoms with Crippen molar-refractivity contribution in [3.05, 3.63) is 36.0 Å². The Morgan fingerprint density at radius 2 is 2.09 bits per heavy atom. The molecule has 126 valence electrons. The van der Waals surface area contributed by atoms with Crippen molar-refractivity contribution in [2.24, 2.45) is 0 Å². The van der Waals surface area contributed by atoms with Gasteiger partial charge >= 0.3 is 9.15 Å². The summed E-state index contributed by atoms with van der Waals surface area (Å²) in [4.78, 5) is 4.51. The lowest BCUT2D eigenvalue weighted by atomic mass is 10.2. The average molecular weight is 356 g/mol. The van der Waals surface area contributed by atoms with Crippen molar-refractivity contribution < 1.29 is 17.7 Å². The van der Waals surface area contributed by atoms with Gasteiger partial charge in [-0.3, -0.25) is 4.55 Å². The Labute approximate surface area is 139 Å². The molecule has 2 rings (SSSR count). The molecule has 1 heterocycles. The van der Waals surface area contributed by atoms with Gasteiger partial charge in [-0.1, -0.05) is 18.2 Å². The van der Waals surface area contributed by atoms with E-state index in [1.165, 1.54) is 0 Å². The van der Waals surface area contributed by atoms with E-state index in [0.29, 0.717) is 36.2 Å². The number of benzene rings is 1. The Morgan fingerprint density at radius 1 is 1.26 bits per heavy atom. The summed E-state index contributed by atoms with van der Waals surface area (Å²) >= 11 is 0. The molecule has 2 aromatic rings. The molecule has 0 saturated heterocycles. The van der Waals surface area contributed by atoms with Crippen LogP contribution in [-0.4, -0.2) is 43.4 Å². The normalized spacial score (nSPS) is 11.7. The molecule has 0 aliphatic heterocycles. The highest BCUT2D eigenvalue weighted by Gasteiger charge is 2.05. The predicted octanol–water partition coefficient (Wildman–Crippen LogP) is 2.44. The summed E-state index contributed by atoms with van der Waals surface area (Å²) in [5.41, 5.74) is 1.82. The molecule has 0 amide bonds. The van der Waals surface area contributed by atoms with Gasteiger partial charge in [0.15, 0.2) is 0 Å². The first kappa shape index (κ1) is 18.0. The van der Waals surface area contributed by atoms with E-state index < -0.39 is 9.15 Å². The molecule has 0 bridgehead atoms. The molecule has 0 atom stereocenters. The quantitative estimate of drug-likeness (QED) is 0.405. The number of para-hydroxylation sites is 1. The number of aromatic nitrogens is 1. The molecule has 0 spiro atoms. The van der Waals surface area contributed by atoms with Gasteiger partial charge in [-0.2, -0.15) is 8.42 Å². The summed E-state index contributed by atoms with van der Waals surface area (Å²) in [5, 5.41) is 4.15. The number of pyridine rings is 1. The molecule has 1 aromatic heterocycles. The van der Waals surface area contributed by atoms with E-state index >= 15 is 0 Å². The molecular formula is C15H20N2O4S2. The first-order valence-electron chi connectivity index (χ1n) is 7.27. The van der Waals surface area contributed by atoms with Gasteiger partial charge in [-0.05, 0) is 42.8 Å². The summed E-state index contributed by atoms with van der Waals surface area (Å²) in [7, 11) is -3.41. The van der Waals surface area contributed by atoms with Crippen LogP contribution in [0.25, 0.3) is 10.9 Å². The van der Waals surface area contributed by atoms with Crippen molar-refractivity contribution in [1.29, 1.82) is 0 Å². The molecule has 8 heteroatoms. The second-order valence-electron chi connectivity index (χ2n) is 4.98. The molecule has 1 aromatic carbocycles. The van der Waals surface area contributed by atoms with Crippen LogP contribution in [0.1, 0.15) is 12.1 Å². The van der Waals surface area contributed by atoms with Crippen LogP contribution in [0, 0.1) is 6.92 Å². The maximum atomic E-state index is 10.5. The largest absolute Gasteiger partial charge is 0.491 e. The van der Waals surface area contributed by atoms with Crippen LogP contribution in [0.15, 0.2) is 30.3 Å². The number of aryl methyl sites for hydroxylation is 1. The first-order chi connectivity index (χ1) is 11.0. The van der Waals surface area contributed by atoms with Crippen LogP contribution in [0.3, 0.4) is 0 Å². The van der Waals surface area contributed by atoms with Gasteiger partial charge in [0.05, 0.1) is 6.61 Å². The Bertz CT molecular complexity index is 750. The average Bonchev–Trinajstić information content (AvgIpc) is 2.49. The Kier molecular flexibility index (Phi) is 6.64. The molecule has 0 aliphatic rings. The standard InChI is InChI=1S/C15H20N2O4S2/c1-12-6-7-13-4-2-5-14(15(13)17-12)21-10-3-8-16-9-11-22-23(18,19)20/h2,4-7,16H,3,8-11H2,1H3,(H,18,19,20). The zero-order valence-corrected chi connectivity index (χ0v) is 14.5. The van der Waals surface area contributed by atoms with E-state index in [9.17, 15) is 8.42 Å². The second kappa shape index (κ2) is 8.49. The van der Waals surface area contributed by atoms with Gasteiger partial charge in [-0.15, -0.1) is 0 Å². The lowest BCUT2D eigenvalue weighted by Gasteiger charge is -2.09. The zero-order valence-electron chi connectivity index (χ0n) is 12.9. The van der Waals surface area contributed by atoms with Crippen LogP contribution in [-0.2, 0) is 9.15 Å². The second-order valence-corrected chi connectivity index (χ2v) is 8.45. The fourth-order valence-electron chi connectivity index (χ4n) is 2.06. The number of rotatable bonds is 9. The number of ether oxygens (including phenoxy) is 1. The smallest absolute Gasteiger partial charge is 0.319 e. The monoisotopic (exact) mass is 356 g/mol. The summed E-state index contributed by atoms with van der Waals surface area (Å²) < 4.78 is 35.4. The minimum absolute atomic E-state index is 0.312. The Hall–Kier alpha value is -1.35. The molecule has 2 N–H and O–H groups in total. The van der Waals surface area contributed by atoms with Crippen molar-refractivity contribution in [2.75, 3.05) is 25.4 Å². The maximum Gasteiger partial charge on any atom is 0.319 e. The van der Waals surface area contributed by atoms with Crippen molar-refractivity contribution in [2.45, 2.75) is 13.3 Å². The lowest BCUT2D eigenvalue weighted by Crippen LogP contribution is -2.20. The molecule has 0 fully saturated rings. The maximum absolute atomic E-state index is 10.5. The fourth-order valence-corrected chi connectivity index (χ4v) is 3.38. The van der Waals surface area contributed by atoms with E-state index in [1.807, 2.05) is 37.3 Å². The molecule has 0 aliphatic carbocycles.